The molecule has 2 heterocycles. The van der Waals surface area contributed by atoms with Gasteiger partial charge in [-0.1, -0.05) is 18.7 Å². The second-order valence-corrected chi connectivity index (χ2v) is 6.44. The van der Waals surface area contributed by atoms with E-state index in [4.69, 9.17) is 5.11 Å². The van der Waals surface area contributed by atoms with Crippen LogP contribution in [0.1, 0.15) is 32.4 Å². The van der Waals surface area contributed by atoms with Crippen LogP contribution in [0.25, 0.3) is 10.7 Å². The van der Waals surface area contributed by atoms with E-state index < -0.39 is 5.97 Å². The van der Waals surface area contributed by atoms with E-state index in [-0.39, 0.29) is 11.8 Å². The van der Waals surface area contributed by atoms with Gasteiger partial charge in [-0.3, -0.25) is 9.36 Å². The van der Waals surface area contributed by atoms with Crippen LogP contribution in [0.2, 0.25) is 0 Å². The number of thioether (sulfide) groups is 1. The fourth-order valence-electron chi connectivity index (χ4n) is 1.93. The number of carbonyl (C=O) groups is 1. The molecule has 0 saturated carbocycles. The molecule has 0 aliphatic rings. The van der Waals surface area contributed by atoms with Crippen molar-refractivity contribution in [1.29, 1.82) is 0 Å². The van der Waals surface area contributed by atoms with E-state index >= 15 is 0 Å². The lowest BCUT2D eigenvalue weighted by atomic mass is 10.2. The average Bonchev–Trinajstić information content (AvgIpc) is 3.01. The van der Waals surface area contributed by atoms with Gasteiger partial charge in [-0.15, -0.1) is 21.5 Å². The van der Waals surface area contributed by atoms with Crippen LogP contribution in [0.15, 0.2) is 16.6 Å². The van der Waals surface area contributed by atoms with E-state index in [1.807, 2.05) is 4.57 Å². The summed E-state index contributed by atoms with van der Waals surface area (Å²) in [5.74, 6) is -0.0180. The Labute approximate surface area is 126 Å². The van der Waals surface area contributed by atoms with Crippen LogP contribution < -0.4 is 0 Å². The molecule has 0 aliphatic carbocycles. The van der Waals surface area contributed by atoms with Gasteiger partial charge < -0.3 is 5.11 Å². The molecular weight excluding hydrogens is 294 g/mol. The molecule has 0 fully saturated rings. The lowest BCUT2D eigenvalue weighted by molar-refractivity contribution is -0.133. The van der Waals surface area contributed by atoms with Gasteiger partial charge >= 0.3 is 5.97 Å². The SMILES string of the molecule is CCc1ccsc1-c1nnc(SCC(=O)O)n1C(C)C. The third-order valence-corrected chi connectivity index (χ3v) is 4.72. The fraction of sp³-hybridized carbons (Fsp3) is 0.462. The highest BCUT2D eigenvalue weighted by Gasteiger charge is 2.20. The molecule has 2 aromatic heterocycles. The maximum Gasteiger partial charge on any atom is 0.313 e. The molecule has 0 atom stereocenters. The van der Waals surface area contributed by atoms with Crippen molar-refractivity contribution in [2.24, 2.45) is 0 Å². The predicted molar refractivity (Wildman–Crippen MR) is 81.5 cm³/mol. The Bertz CT molecular complexity index is 605. The van der Waals surface area contributed by atoms with Gasteiger partial charge in [0.05, 0.1) is 10.6 Å². The summed E-state index contributed by atoms with van der Waals surface area (Å²) < 4.78 is 2.01. The molecule has 0 bridgehead atoms. The Kier molecular flexibility index (Phi) is 4.82. The summed E-state index contributed by atoms with van der Waals surface area (Å²) in [5.41, 5.74) is 1.25. The van der Waals surface area contributed by atoms with Gasteiger partial charge in [0.15, 0.2) is 11.0 Å². The molecule has 0 aromatic carbocycles. The van der Waals surface area contributed by atoms with Gasteiger partial charge in [-0.25, -0.2) is 0 Å². The molecule has 0 unspecified atom stereocenters. The first kappa shape index (κ1) is 15.1. The predicted octanol–water partition coefficient (Wildman–Crippen LogP) is 3.33. The fourth-order valence-corrected chi connectivity index (χ4v) is 3.70. The molecule has 1 N–H and O–H groups in total. The summed E-state index contributed by atoms with van der Waals surface area (Å²) in [5, 5.41) is 20.0. The number of aryl methyl sites for hydroxylation is 1. The topological polar surface area (TPSA) is 68.0 Å². The first-order valence-electron chi connectivity index (χ1n) is 6.40. The molecule has 2 aromatic rings. The molecular formula is C13H17N3O2S2. The van der Waals surface area contributed by atoms with E-state index in [1.54, 1.807) is 11.3 Å². The minimum Gasteiger partial charge on any atom is -0.481 e. The normalized spacial score (nSPS) is 11.2. The number of nitrogens with zero attached hydrogens (tertiary/aromatic N) is 3. The van der Waals surface area contributed by atoms with E-state index in [9.17, 15) is 4.79 Å². The average molecular weight is 311 g/mol. The van der Waals surface area contributed by atoms with Gasteiger partial charge in [0.1, 0.15) is 0 Å². The van der Waals surface area contributed by atoms with Crippen molar-refractivity contribution >= 4 is 29.1 Å². The van der Waals surface area contributed by atoms with Gasteiger partial charge in [-0.05, 0) is 37.3 Å². The molecule has 0 amide bonds. The molecule has 20 heavy (non-hydrogen) atoms. The maximum atomic E-state index is 10.7. The Balaban J connectivity index is 2.41. The number of aliphatic carboxylic acids is 1. The monoisotopic (exact) mass is 311 g/mol. The Morgan fingerprint density at radius 3 is 2.85 bits per heavy atom. The molecule has 0 aliphatic heterocycles. The van der Waals surface area contributed by atoms with Gasteiger partial charge in [0.25, 0.3) is 0 Å². The van der Waals surface area contributed by atoms with Gasteiger partial charge in [-0.2, -0.15) is 0 Å². The lowest BCUT2D eigenvalue weighted by Crippen LogP contribution is -2.07. The number of aromatic nitrogens is 3. The molecule has 0 saturated heterocycles. The largest absolute Gasteiger partial charge is 0.481 e. The van der Waals surface area contributed by atoms with Crippen molar-refractivity contribution in [3.8, 4) is 10.7 Å². The number of thiophene rings is 1. The summed E-state index contributed by atoms with van der Waals surface area (Å²) in [6.45, 7) is 6.22. The van der Waals surface area contributed by atoms with Gasteiger partial charge in [0, 0.05) is 6.04 Å². The number of carboxylic acids is 1. The van der Waals surface area contributed by atoms with Crippen LogP contribution in [0.3, 0.4) is 0 Å². The van der Waals surface area contributed by atoms with Crippen LogP contribution in [-0.2, 0) is 11.2 Å². The number of hydrogen-bond donors (Lipinski definition) is 1. The highest BCUT2D eigenvalue weighted by atomic mass is 32.2. The first-order valence-corrected chi connectivity index (χ1v) is 8.27. The van der Waals surface area contributed by atoms with Crippen LogP contribution in [0.4, 0.5) is 0 Å². The van der Waals surface area contributed by atoms with Crippen molar-refractivity contribution in [1.82, 2.24) is 14.8 Å². The zero-order chi connectivity index (χ0) is 14.7. The van der Waals surface area contributed by atoms with E-state index in [0.717, 1.165) is 17.1 Å². The van der Waals surface area contributed by atoms with E-state index in [1.165, 1.54) is 17.3 Å². The van der Waals surface area contributed by atoms with Crippen molar-refractivity contribution in [3.05, 3.63) is 17.0 Å². The summed E-state index contributed by atoms with van der Waals surface area (Å²) in [6.07, 6.45) is 0.946. The first-order chi connectivity index (χ1) is 9.54. The molecule has 108 valence electrons. The highest BCUT2D eigenvalue weighted by Crippen LogP contribution is 2.33. The third-order valence-electron chi connectivity index (χ3n) is 2.84. The zero-order valence-corrected chi connectivity index (χ0v) is 13.3. The van der Waals surface area contributed by atoms with Crippen molar-refractivity contribution < 1.29 is 9.90 Å². The van der Waals surface area contributed by atoms with Crippen molar-refractivity contribution in [2.45, 2.75) is 38.4 Å². The van der Waals surface area contributed by atoms with Gasteiger partial charge in [0.2, 0.25) is 0 Å². The van der Waals surface area contributed by atoms with Crippen molar-refractivity contribution in [3.63, 3.8) is 0 Å². The molecule has 0 spiro atoms. The molecule has 7 heteroatoms. The molecule has 2 rings (SSSR count). The minimum atomic E-state index is -0.847. The Morgan fingerprint density at radius 1 is 1.50 bits per heavy atom. The van der Waals surface area contributed by atoms with E-state index in [0.29, 0.717) is 5.16 Å². The van der Waals surface area contributed by atoms with Crippen LogP contribution in [-0.4, -0.2) is 31.6 Å². The molecule has 0 radical (unpaired) electrons. The summed E-state index contributed by atoms with van der Waals surface area (Å²) in [6, 6.07) is 2.28. The minimum absolute atomic E-state index is 0.00404. The standard InChI is InChI=1S/C13H17N3O2S2/c1-4-9-5-6-19-11(9)12-14-15-13(16(12)8(2)3)20-7-10(17)18/h5-6,8H,4,7H2,1-3H3,(H,17,18). The second kappa shape index (κ2) is 6.41. The van der Waals surface area contributed by atoms with Crippen LogP contribution in [0, 0.1) is 0 Å². The summed E-state index contributed by atoms with van der Waals surface area (Å²) >= 11 is 2.86. The number of hydrogen-bond acceptors (Lipinski definition) is 5. The van der Waals surface area contributed by atoms with E-state index in [2.05, 4.69) is 42.4 Å². The number of carboxylic acid groups (broad SMARTS) is 1. The highest BCUT2D eigenvalue weighted by molar-refractivity contribution is 7.99. The van der Waals surface area contributed by atoms with Crippen LogP contribution in [0.5, 0.6) is 0 Å². The Hall–Kier alpha value is -1.34. The van der Waals surface area contributed by atoms with Crippen LogP contribution >= 0.6 is 23.1 Å². The second-order valence-electron chi connectivity index (χ2n) is 4.58. The smallest absolute Gasteiger partial charge is 0.313 e. The summed E-state index contributed by atoms with van der Waals surface area (Å²) in [4.78, 5) is 11.8. The zero-order valence-electron chi connectivity index (χ0n) is 11.7. The maximum absolute atomic E-state index is 10.7. The number of rotatable bonds is 6. The quantitative estimate of drug-likeness (QED) is 0.829. The lowest BCUT2D eigenvalue weighted by Gasteiger charge is -2.13. The summed E-state index contributed by atoms with van der Waals surface area (Å²) in [7, 11) is 0. The molecule has 5 nitrogen and oxygen atoms in total. The third kappa shape index (κ3) is 3.04. The van der Waals surface area contributed by atoms with Crippen molar-refractivity contribution in [2.75, 3.05) is 5.75 Å². The Morgan fingerprint density at radius 2 is 2.25 bits per heavy atom.